The number of rotatable bonds is 10. The van der Waals surface area contributed by atoms with Crippen molar-refractivity contribution in [3.63, 3.8) is 0 Å². The molecule has 1 aromatic heterocycles. The minimum absolute atomic E-state index is 0.386. The van der Waals surface area contributed by atoms with Crippen LogP contribution in [-0.2, 0) is 0 Å². The summed E-state index contributed by atoms with van der Waals surface area (Å²) in [5.41, 5.74) is 15.7. The van der Waals surface area contributed by atoms with Gasteiger partial charge in [0.25, 0.3) is 0 Å². The fourth-order valence-electron chi connectivity index (χ4n) is 10.0. The molecule has 0 amide bonds. The minimum atomic E-state index is 0.386. The Balaban J connectivity index is 1.26. The Kier molecular flexibility index (Phi) is 9.90. The van der Waals surface area contributed by atoms with Gasteiger partial charge in [-0.2, -0.15) is 0 Å². The molecule has 0 saturated heterocycles. The third kappa shape index (κ3) is 6.76. The molecule has 11 rings (SSSR count). The first-order chi connectivity index (χ1) is 31.2. The first kappa shape index (κ1) is 38.3. The highest BCUT2D eigenvalue weighted by Gasteiger charge is 2.26. The van der Waals surface area contributed by atoms with Crippen molar-refractivity contribution in [2.75, 3.05) is 4.90 Å². The van der Waals surface area contributed by atoms with Crippen molar-refractivity contribution >= 4 is 60.4 Å². The van der Waals surface area contributed by atoms with E-state index in [0.717, 1.165) is 29.9 Å². The third-order valence-corrected chi connectivity index (χ3v) is 13.1. The molecule has 0 unspecified atom stereocenters. The first-order valence-corrected chi connectivity index (χ1v) is 22.4. The number of anilines is 3. The molecule has 302 valence electrons. The molecule has 0 aliphatic carbocycles. The highest BCUT2D eigenvalue weighted by atomic mass is 15.1. The predicted octanol–water partition coefficient (Wildman–Crippen LogP) is 17.5. The van der Waals surface area contributed by atoms with Crippen LogP contribution in [0.3, 0.4) is 0 Å². The maximum absolute atomic E-state index is 2.54. The SMILES string of the molecule is CCC(CC)c1c2cc(-c3ccccc3)ccc2c(N(c2ccc(-c3ccccc3)cc2)c2ccc3c(c2)c2ccccc2n3-c2ccccc2)c2cc(-c3ccccc3)ccc12. The molecule has 0 atom stereocenters. The highest BCUT2D eigenvalue weighted by molar-refractivity contribution is 6.19. The molecule has 0 radical (unpaired) electrons. The van der Waals surface area contributed by atoms with E-state index in [1.54, 1.807) is 0 Å². The Hall–Kier alpha value is -7.68. The van der Waals surface area contributed by atoms with Gasteiger partial charge in [-0.25, -0.2) is 0 Å². The van der Waals surface area contributed by atoms with Crippen LogP contribution in [-0.4, -0.2) is 4.57 Å². The summed E-state index contributed by atoms with van der Waals surface area (Å²) >= 11 is 0. The van der Waals surface area contributed by atoms with Crippen LogP contribution in [0.5, 0.6) is 0 Å². The Bertz CT molecular complexity index is 3380. The predicted molar refractivity (Wildman–Crippen MR) is 270 cm³/mol. The van der Waals surface area contributed by atoms with Crippen LogP contribution in [0, 0.1) is 0 Å². The Labute approximate surface area is 370 Å². The zero-order valence-corrected chi connectivity index (χ0v) is 35.7. The van der Waals surface area contributed by atoms with E-state index in [-0.39, 0.29) is 0 Å². The van der Waals surface area contributed by atoms with Crippen molar-refractivity contribution in [3.05, 3.63) is 230 Å². The summed E-state index contributed by atoms with van der Waals surface area (Å²) in [5, 5.41) is 7.56. The quantitative estimate of drug-likeness (QED) is 0.125. The molecular formula is C61H48N2. The van der Waals surface area contributed by atoms with Crippen LogP contribution >= 0.6 is 0 Å². The standard InChI is InChI=1S/C61H48N2/c1-3-42(4-2)60-53-36-31-48(45-23-13-7-14-24-45)40-57(53)61(54-37-32-47(39-56(54)60)44-21-11-6-12-22-44)62(50-33-29-46(30-34-50)43-19-9-5-10-20-43)51-35-38-59-55(41-51)52-27-17-18-28-58(52)63(59)49-25-15-8-16-26-49/h5-42H,3-4H2,1-2H3. The lowest BCUT2D eigenvalue weighted by molar-refractivity contribution is 0.651. The van der Waals surface area contributed by atoms with E-state index in [4.69, 9.17) is 0 Å². The van der Waals surface area contributed by atoms with Gasteiger partial charge >= 0.3 is 0 Å². The summed E-state index contributed by atoms with van der Waals surface area (Å²) in [6, 6.07) is 82.6. The Morgan fingerprint density at radius 1 is 0.349 bits per heavy atom. The van der Waals surface area contributed by atoms with Gasteiger partial charge in [0.15, 0.2) is 0 Å². The van der Waals surface area contributed by atoms with Crippen LogP contribution < -0.4 is 4.90 Å². The number of nitrogens with zero attached hydrogens (tertiary/aromatic N) is 2. The molecular weight excluding hydrogens is 761 g/mol. The Morgan fingerprint density at radius 2 is 0.825 bits per heavy atom. The number of hydrogen-bond acceptors (Lipinski definition) is 1. The van der Waals surface area contributed by atoms with Gasteiger partial charge in [0, 0.05) is 38.6 Å². The topological polar surface area (TPSA) is 8.17 Å². The van der Waals surface area contributed by atoms with E-state index >= 15 is 0 Å². The van der Waals surface area contributed by atoms with E-state index < -0.39 is 0 Å². The molecule has 2 nitrogen and oxygen atoms in total. The summed E-state index contributed by atoms with van der Waals surface area (Å²) in [6.45, 7) is 4.70. The average Bonchev–Trinajstić information content (AvgIpc) is 3.69. The number of para-hydroxylation sites is 2. The largest absolute Gasteiger partial charge is 0.309 e. The molecule has 0 aliphatic heterocycles. The van der Waals surface area contributed by atoms with Gasteiger partial charge in [-0.1, -0.05) is 178 Å². The van der Waals surface area contributed by atoms with Crippen molar-refractivity contribution in [3.8, 4) is 39.1 Å². The monoisotopic (exact) mass is 808 g/mol. The lowest BCUT2D eigenvalue weighted by atomic mass is 9.82. The van der Waals surface area contributed by atoms with Crippen molar-refractivity contribution in [1.29, 1.82) is 0 Å². The van der Waals surface area contributed by atoms with Crippen LogP contribution in [0.15, 0.2) is 224 Å². The van der Waals surface area contributed by atoms with E-state index in [0.29, 0.717) is 5.92 Å². The fraction of sp³-hybridized carbons (Fsp3) is 0.0820. The van der Waals surface area contributed by atoms with Gasteiger partial charge in [-0.05, 0) is 129 Å². The van der Waals surface area contributed by atoms with E-state index in [1.165, 1.54) is 88.0 Å². The van der Waals surface area contributed by atoms with Gasteiger partial charge in [0.2, 0.25) is 0 Å². The normalized spacial score (nSPS) is 11.6. The maximum atomic E-state index is 2.54. The van der Waals surface area contributed by atoms with Crippen molar-refractivity contribution in [1.82, 2.24) is 4.57 Å². The molecule has 0 N–H and O–H groups in total. The zero-order chi connectivity index (χ0) is 42.3. The molecule has 0 aliphatic rings. The summed E-state index contributed by atoms with van der Waals surface area (Å²) in [6.07, 6.45) is 2.12. The second kappa shape index (κ2) is 16.3. The van der Waals surface area contributed by atoms with E-state index in [1.807, 2.05) is 0 Å². The van der Waals surface area contributed by atoms with E-state index in [2.05, 4.69) is 248 Å². The van der Waals surface area contributed by atoms with Crippen LogP contribution in [0.2, 0.25) is 0 Å². The number of hydrogen-bond donors (Lipinski definition) is 0. The molecule has 10 aromatic carbocycles. The van der Waals surface area contributed by atoms with Crippen molar-refractivity contribution in [2.45, 2.75) is 32.6 Å². The molecule has 0 bridgehead atoms. The lowest BCUT2D eigenvalue weighted by Gasteiger charge is -2.31. The highest BCUT2D eigenvalue weighted by Crippen LogP contribution is 2.50. The molecule has 1 heterocycles. The Morgan fingerprint density at radius 3 is 1.44 bits per heavy atom. The summed E-state index contributed by atoms with van der Waals surface area (Å²) in [4.78, 5) is 2.54. The summed E-state index contributed by atoms with van der Waals surface area (Å²) in [7, 11) is 0. The van der Waals surface area contributed by atoms with Gasteiger partial charge in [0.05, 0.1) is 16.7 Å². The number of aromatic nitrogens is 1. The van der Waals surface area contributed by atoms with Crippen molar-refractivity contribution < 1.29 is 0 Å². The van der Waals surface area contributed by atoms with Gasteiger partial charge < -0.3 is 9.47 Å². The van der Waals surface area contributed by atoms with Gasteiger partial charge in [-0.15, -0.1) is 0 Å². The average molecular weight is 809 g/mol. The van der Waals surface area contributed by atoms with Gasteiger partial charge in [-0.3, -0.25) is 0 Å². The second-order valence-corrected chi connectivity index (χ2v) is 16.7. The van der Waals surface area contributed by atoms with E-state index in [9.17, 15) is 0 Å². The third-order valence-electron chi connectivity index (χ3n) is 13.1. The molecule has 11 aromatic rings. The van der Waals surface area contributed by atoms with Crippen LogP contribution in [0.1, 0.15) is 38.2 Å². The second-order valence-electron chi connectivity index (χ2n) is 16.7. The minimum Gasteiger partial charge on any atom is -0.309 e. The number of benzene rings is 10. The number of fused-ring (bicyclic) bond motifs is 5. The summed E-state index contributed by atoms with van der Waals surface area (Å²) < 4.78 is 2.40. The molecule has 0 spiro atoms. The molecule has 0 saturated carbocycles. The smallest absolute Gasteiger partial charge is 0.0618 e. The molecule has 0 fully saturated rings. The lowest BCUT2D eigenvalue weighted by Crippen LogP contribution is -2.12. The van der Waals surface area contributed by atoms with Crippen LogP contribution in [0.25, 0.3) is 82.4 Å². The molecule has 63 heavy (non-hydrogen) atoms. The summed E-state index contributed by atoms with van der Waals surface area (Å²) in [5.74, 6) is 0.386. The zero-order valence-electron chi connectivity index (χ0n) is 35.7. The maximum Gasteiger partial charge on any atom is 0.0618 e. The molecule has 2 heteroatoms. The van der Waals surface area contributed by atoms with Gasteiger partial charge in [0.1, 0.15) is 0 Å². The fourth-order valence-corrected chi connectivity index (χ4v) is 10.0. The first-order valence-electron chi connectivity index (χ1n) is 22.4. The van der Waals surface area contributed by atoms with Crippen LogP contribution in [0.4, 0.5) is 17.1 Å². The van der Waals surface area contributed by atoms with Crippen molar-refractivity contribution in [2.24, 2.45) is 0 Å².